The maximum Gasteiger partial charge on any atom is 0.152 e. The Labute approximate surface area is 194 Å². The number of hydrogen-bond donors (Lipinski definition) is 1. The van der Waals surface area contributed by atoms with E-state index < -0.39 is 5.54 Å². The van der Waals surface area contributed by atoms with Gasteiger partial charge in [-0.25, -0.2) is 4.68 Å². The Balaban J connectivity index is 1.99. The summed E-state index contributed by atoms with van der Waals surface area (Å²) < 4.78 is 2.61. The van der Waals surface area contributed by atoms with E-state index in [1.165, 1.54) is 0 Å². The van der Waals surface area contributed by atoms with Crippen LogP contribution in [-0.2, 0) is 5.54 Å². The maximum absolute atomic E-state index is 11.5. The van der Waals surface area contributed by atoms with Crippen molar-refractivity contribution in [3.05, 3.63) is 130 Å². The lowest BCUT2D eigenvalue weighted by Gasteiger charge is -2.37. The molecule has 4 nitrogen and oxygen atoms in total. The van der Waals surface area contributed by atoms with Gasteiger partial charge in [-0.1, -0.05) is 91.0 Å². The first kappa shape index (κ1) is 20.2. The van der Waals surface area contributed by atoms with E-state index in [1.54, 1.807) is 6.07 Å². The van der Waals surface area contributed by atoms with Gasteiger partial charge in [-0.15, -0.1) is 0 Å². The SMILES string of the molecule is Nc1c(C=O)ccc2c1c(Br)nn2C(c1ccccc1)(c1ccccc1)c1ccccc1. The minimum absolute atomic E-state index is 0.415. The fraction of sp³-hybridized carbons (Fsp3) is 0.0370. The van der Waals surface area contributed by atoms with Crippen molar-refractivity contribution < 1.29 is 4.79 Å². The van der Waals surface area contributed by atoms with Crippen molar-refractivity contribution in [1.29, 1.82) is 0 Å². The molecule has 0 amide bonds. The first-order valence-corrected chi connectivity index (χ1v) is 11.1. The van der Waals surface area contributed by atoms with Crippen molar-refractivity contribution in [3.63, 3.8) is 0 Å². The second-order valence-electron chi connectivity index (χ2n) is 7.59. The Morgan fingerprint density at radius 3 is 1.66 bits per heavy atom. The van der Waals surface area contributed by atoms with Gasteiger partial charge in [-0.2, -0.15) is 5.10 Å². The summed E-state index contributed by atoms with van der Waals surface area (Å²) in [5.74, 6) is 0. The average Bonchev–Trinajstić information content (AvgIpc) is 3.19. The highest BCUT2D eigenvalue weighted by Gasteiger charge is 2.41. The van der Waals surface area contributed by atoms with E-state index in [4.69, 9.17) is 10.8 Å². The number of halogens is 1. The molecule has 156 valence electrons. The van der Waals surface area contributed by atoms with Gasteiger partial charge in [-0.3, -0.25) is 4.79 Å². The molecule has 0 saturated heterocycles. The molecule has 0 aliphatic rings. The lowest BCUT2D eigenvalue weighted by molar-refractivity contribution is 0.112. The van der Waals surface area contributed by atoms with Crippen LogP contribution in [0.3, 0.4) is 0 Å². The Morgan fingerprint density at radius 1 is 0.750 bits per heavy atom. The van der Waals surface area contributed by atoms with E-state index in [9.17, 15) is 4.79 Å². The second kappa shape index (κ2) is 8.09. The number of carbonyl (C=O) groups is 1. The van der Waals surface area contributed by atoms with Crippen LogP contribution in [0, 0.1) is 0 Å². The van der Waals surface area contributed by atoms with Crippen LogP contribution in [0.5, 0.6) is 0 Å². The van der Waals surface area contributed by atoms with Gasteiger partial charge in [-0.05, 0) is 44.8 Å². The number of hydrogen-bond acceptors (Lipinski definition) is 3. The van der Waals surface area contributed by atoms with Crippen molar-refractivity contribution in [2.45, 2.75) is 5.54 Å². The van der Waals surface area contributed by atoms with Crippen LogP contribution in [0.15, 0.2) is 108 Å². The maximum atomic E-state index is 11.5. The van der Waals surface area contributed by atoms with Crippen LogP contribution in [-0.4, -0.2) is 16.1 Å². The molecule has 0 aliphatic heterocycles. The Bertz CT molecular complexity index is 1300. The fourth-order valence-electron chi connectivity index (χ4n) is 4.47. The molecule has 1 aromatic heterocycles. The lowest BCUT2D eigenvalue weighted by Crippen LogP contribution is -2.38. The summed E-state index contributed by atoms with van der Waals surface area (Å²) in [5, 5.41) is 5.69. The number of aromatic nitrogens is 2. The molecule has 32 heavy (non-hydrogen) atoms. The third-order valence-corrected chi connectivity index (χ3v) is 6.45. The molecular weight excluding hydrogens is 462 g/mol. The van der Waals surface area contributed by atoms with Gasteiger partial charge in [0.1, 0.15) is 10.1 Å². The molecule has 0 fully saturated rings. The average molecular weight is 482 g/mol. The summed E-state index contributed by atoms with van der Waals surface area (Å²) in [6.07, 6.45) is 0.775. The zero-order valence-corrected chi connectivity index (χ0v) is 18.7. The minimum Gasteiger partial charge on any atom is -0.398 e. The van der Waals surface area contributed by atoms with Crippen molar-refractivity contribution in [2.75, 3.05) is 5.73 Å². The van der Waals surface area contributed by atoms with Gasteiger partial charge in [0.05, 0.1) is 16.6 Å². The van der Waals surface area contributed by atoms with Crippen LogP contribution in [0.25, 0.3) is 10.9 Å². The van der Waals surface area contributed by atoms with Crippen LogP contribution >= 0.6 is 15.9 Å². The molecule has 5 aromatic rings. The third-order valence-electron chi connectivity index (χ3n) is 5.90. The van der Waals surface area contributed by atoms with Crippen molar-refractivity contribution in [3.8, 4) is 0 Å². The fourth-order valence-corrected chi connectivity index (χ4v) is 5.05. The van der Waals surface area contributed by atoms with Crippen LogP contribution < -0.4 is 5.73 Å². The Kier molecular flexibility index (Phi) is 5.11. The van der Waals surface area contributed by atoms with E-state index in [-0.39, 0.29) is 0 Å². The second-order valence-corrected chi connectivity index (χ2v) is 8.34. The van der Waals surface area contributed by atoms with Crippen LogP contribution in [0.1, 0.15) is 27.0 Å². The van der Waals surface area contributed by atoms with Crippen LogP contribution in [0.4, 0.5) is 5.69 Å². The highest BCUT2D eigenvalue weighted by Crippen LogP contribution is 2.44. The number of nitrogens with zero attached hydrogens (tertiary/aromatic N) is 2. The van der Waals surface area contributed by atoms with Gasteiger partial charge >= 0.3 is 0 Å². The number of anilines is 1. The van der Waals surface area contributed by atoms with Gasteiger partial charge in [0.25, 0.3) is 0 Å². The smallest absolute Gasteiger partial charge is 0.152 e. The quantitative estimate of drug-likeness (QED) is 0.189. The molecule has 0 bridgehead atoms. The largest absolute Gasteiger partial charge is 0.398 e. The molecule has 0 spiro atoms. The van der Waals surface area contributed by atoms with Crippen LogP contribution in [0.2, 0.25) is 0 Å². The molecule has 0 unspecified atom stereocenters. The van der Waals surface area contributed by atoms with E-state index >= 15 is 0 Å². The zero-order valence-electron chi connectivity index (χ0n) is 17.2. The van der Waals surface area contributed by atoms with Gasteiger partial charge in [0.2, 0.25) is 0 Å². The van der Waals surface area contributed by atoms with Crippen molar-refractivity contribution >= 4 is 38.8 Å². The number of benzene rings is 4. The Hall–Kier alpha value is -3.70. The molecule has 0 saturated carbocycles. The lowest BCUT2D eigenvalue weighted by atomic mass is 9.77. The summed E-state index contributed by atoms with van der Waals surface area (Å²) in [6, 6.07) is 34.6. The molecule has 0 aliphatic carbocycles. The molecule has 1 heterocycles. The number of aldehydes is 1. The number of nitrogens with two attached hydrogens (primary N) is 1. The predicted octanol–water partition coefficient (Wildman–Crippen LogP) is 6.03. The van der Waals surface area contributed by atoms with E-state index in [2.05, 4.69) is 52.3 Å². The summed E-state index contributed by atoms with van der Waals surface area (Å²) in [4.78, 5) is 11.5. The summed E-state index contributed by atoms with van der Waals surface area (Å²) >= 11 is 3.61. The number of nitrogen functional groups attached to an aromatic ring is 1. The van der Waals surface area contributed by atoms with Gasteiger partial charge in [0.15, 0.2) is 6.29 Å². The van der Waals surface area contributed by atoms with Crippen molar-refractivity contribution in [1.82, 2.24) is 9.78 Å². The molecule has 5 heteroatoms. The highest BCUT2D eigenvalue weighted by molar-refractivity contribution is 9.10. The van der Waals surface area contributed by atoms with Gasteiger partial charge < -0.3 is 5.73 Å². The summed E-state index contributed by atoms with van der Waals surface area (Å²) in [5.41, 5.74) is 10.5. The first-order chi connectivity index (χ1) is 15.7. The molecular formula is C27H20BrN3O. The normalized spacial score (nSPS) is 11.5. The number of rotatable bonds is 5. The number of carbonyl (C=O) groups excluding carboxylic acids is 1. The predicted molar refractivity (Wildman–Crippen MR) is 132 cm³/mol. The van der Waals surface area contributed by atoms with E-state index in [0.717, 1.165) is 33.9 Å². The van der Waals surface area contributed by atoms with Gasteiger partial charge in [0, 0.05) is 5.56 Å². The standard InChI is InChI=1S/C27H20BrN3O/c28-26-24-23(17-16-19(18-32)25(24)29)31(30-26)27(20-10-4-1-5-11-20,21-12-6-2-7-13-21)22-14-8-3-9-15-22/h1-18H,29H2. The molecule has 5 rings (SSSR count). The zero-order chi connectivity index (χ0) is 22.1. The minimum atomic E-state index is -0.761. The topological polar surface area (TPSA) is 60.9 Å². The Morgan fingerprint density at radius 2 is 1.22 bits per heavy atom. The first-order valence-electron chi connectivity index (χ1n) is 10.3. The highest BCUT2D eigenvalue weighted by atomic mass is 79.9. The van der Waals surface area contributed by atoms with Crippen molar-refractivity contribution in [2.24, 2.45) is 0 Å². The molecule has 4 aromatic carbocycles. The number of fused-ring (bicyclic) bond motifs is 1. The molecule has 0 atom stereocenters. The summed E-state index contributed by atoms with van der Waals surface area (Å²) in [7, 11) is 0. The monoisotopic (exact) mass is 481 g/mol. The summed E-state index contributed by atoms with van der Waals surface area (Å²) in [6.45, 7) is 0. The molecule has 0 radical (unpaired) electrons. The third kappa shape index (κ3) is 2.97. The molecule has 2 N–H and O–H groups in total. The van der Waals surface area contributed by atoms with E-state index in [0.29, 0.717) is 15.9 Å². The van der Waals surface area contributed by atoms with E-state index in [1.807, 2.05) is 65.3 Å².